The van der Waals surface area contributed by atoms with Crippen LogP contribution >= 0.6 is 0 Å². The van der Waals surface area contributed by atoms with E-state index in [4.69, 9.17) is 4.74 Å². The van der Waals surface area contributed by atoms with E-state index in [-0.39, 0.29) is 17.2 Å². The second-order valence-corrected chi connectivity index (χ2v) is 5.69. The van der Waals surface area contributed by atoms with Gasteiger partial charge in [0.25, 0.3) is 0 Å². The first-order valence-electron chi connectivity index (χ1n) is 8.19. The largest absolute Gasteiger partial charge is 0.478 e. The van der Waals surface area contributed by atoms with Crippen molar-refractivity contribution in [2.24, 2.45) is 0 Å². The average Bonchev–Trinajstić information content (AvgIpc) is 2.60. The van der Waals surface area contributed by atoms with Gasteiger partial charge in [0.05, 0.1) is 11.1 Å². The Labute approximate surface area is 142 Å². The number of aromatic carboxylic acids is 1. The molecule has 0 heterocycles. The van der Waals surface area contributed by atoms with Crippen LogP contribution in [0.4, 0.5) is 0 Å². The highest BCUT2D eigenvalue weighted by Crippen LogP contribution is 2.16. The van der Waals surface area contributed by atoms with E-state index >= 15 is 0 Å². The summed E-state index contributed by atoms with van der Waals surface area (Å²) in [6.45, 7) is 2.04. The molecule has 0 bridgehead atoms. The fraction of sp³-hybridized carbons (Fsp3) is 0.300. The molecule has 0 aliphatic rings. The Hall–Kier alpha value is -2.62. The molecule has 1 N–H and O–H groups in total. The minimum Gasteiger partial charge on any atom is -0.478 e. The first-order valence-corrected chi connectivity index (χ1v) is 8.19. The molecular weight excluding hydrogens is 304 g/mol. The number of ether oxygens (including phenoxy) is 1. The predicted molar refractivity (Wildman–Crippen MR) is 92.3 cm³/mol. The summed E-state index contributed by atoms with van der Waals surface area (Å²) >= 11 is 0. The van der Waals surface area contributed by atoms with E-state index in [1.807, 2.05) is 37.3 Å². The van der Waals surface area contributed by atoms with Gasteiger partial charge in [0, 0.05) is 0 Å². The topological polar surface area (TPSA) is 63.6 Å². The molecule has 0 unspecified atom stereocenters. The normalized spacial score (nSPS) is 11.7. The van der Waals surface area contributed by atoms with Gasteiger partial charge in [-0.25, -0.2) is 9.59 Å². The zero-order valence-corrected chi connectivity index (χ0v) is 13.8. The third-order valence-electron chi connectivity index (χ3n) is 3.86. The van der Waals surface area contributed by atoms with Gasteiger partial charge in [0.15, 0.2) is 0 Å². The molecule has 1 atom stereocenters. The Morgan fingerprint density at radius 2 is 1.58 bits per heavy atom. The van der Waals surface area contributed by atoms with Crippen LogP contribution in [0.25, 0.3) is 0 Å². The quantitative estimate of drug-likeness (QED) is 0.733. The molecule has 0 fully saturated rings. The molecule has 2 aromatic carbocycles. The van der Waals surface area contributed by atoms with Crippen molar-refractivity contribution in [3.8, 4) is 0 Å². The lowest BCUT2D eigenvalue weighted by atomic mass is 10.0. The van der Waals surface area contributed by atoms with Gasteiger partial charge in [-0.05, 0) is 37.0 Å². The lowest BCUT2D eigenvalue weighted by molar-refractivity contribution is 0.0255. The van der Waals surface area contributed by atoms with Gasteiger partial charge in [0.2, 0.25) is 0 Å². The highest BCUT2D eigenvalue weighted by Gasteiger charge is 2.20. The van der Waals surface area contributed by atoms with Crippen LogP contribution in [-0.4, -0.2) is 23.1 Å². The number of carbonyl (C=O) groups is 2. The number of aryl methyl sites for hydroxylation is 1. The molecule has 0 radical (unpaired) electrons. The van der Waals surface area contributed by atoms with Gasteiger partial charge in [-0.15, -0.1) is 0 Å². The Kier molecular flexibility index (Phi) is 6.55. The summed E-state index contributed by atoms with van der Waals surface area (Å²) in [6, 6.07) is 16.2. The van der Waals surface area contributed by atoms with Crippen molar-refractivity contribution < 1.29 is 19.4 Å². The molecule has 0 amide bonds. The van der Waals surface area contributed by atoms with E-state index in [2.05, 4.69) is 0 Å². The number of carboxylic acid groups (broad SMARTS) is 1. The van der Waals surface area contributed by atoms with Crippen molar-refractivity contribution in [3.05, 3.63) is 71.3 Å². The molecule has 0 spiro atoms. The summed E-state index contributed by atoms with van der Waals surface area (Å²) in [6.07, 6.45) is 2.98. The van der Waals surface area contributed by atoms with Crippen molar-refractivity contribution in [2.45, 2.75) is 38.7 Å². The Balaban J connectivity index is 2.04. The summed E-state index contributed by atoms with van der Waals surface area (Å²) in [5, 5.41) is 9.20. The van der Waals surface area contributed by atoms with E-state index in [9.17, 15) is 14.7 Å². The molecule has 126 valence electrons. The van der Waals surface area contributed by atoms with Gasteiger partial charge in [0.1, 0.15) is 6.10 Å². The lowest BCUT2D eigenvalue weighted by Crippen LogP contribution is -2.21. The first kappa shape index (κ1) is 17.7. The maximum atomic E-state index is 12.4. The van der Waals surface area contributed by atoms with Gasteiger partial charge in [-0.1, -0.05) is 55.8 Å². The Bertz CT molecular complexity index is 679. The van der Waals surface area contributed by atoms with Gasteiger partial charge < -0.3 is 9.84 Å². The maximum Gasteiger partial charge on any atom is 0.339 e. The average molecular weight is 326 g/mol. The fourth-order valence-electron chi connectivity index (χ4n) is 2.62. The third kappa shape index (κ3) is 4.95. The van der Waals surface area contributed by atoms with Crippen LogP contribution in [0.1, 0.15) is 52.5 Å². The van der Waals surface area contributed by atoms with Crippen molar-refractivity contribution >= 4 is 11.9 Å². The highest BCUT2D eigenvalue weighted by molar-refractivity contribution is 6.02. The molecule has 2 rings (SSSR count). The van der Waals surface area contributed by atoms with Crippen LogP contribution in [0.5, 0.6) is 0 Å². The molecular formula is C20H22O4. The monoisotopic (exact) mass is 326 g/mol. The van der Waals surface area contributed by atoms with Crippen molar-refractivity contribution in [2.75, 3.05) is 0 Å². The Morgan fingerprint density at radius 1 is 0.958 bits per heavy atom. The van der Waals surface area contributed by atoms with Crippen LogP contribution in [0, 0.1) is 0 Å². The third-order valence-corrected chi connectivity index (χ3v) is 3.86. The summed E-state index contributed by atoms with van der Waals surface area (Å²) in [4.78, 5) is 23.6. The van der Waals surface area contributed by atoms with Gasteiger partial charge in [-0.3, -0.25) is 0 Å². The number of rotatable bonds is 8. The zero-order chi connectivity index (χ0) is 17.4. The van der Waals surface area contributed by atoms with E-state index < -0.39 is 11.9 Å². The van der Waals surface area contributed by atoms with Crippen LogP contribution in [0.2, 0.25) is 0 Å². The number of carbonyl (C=O) groups excluding carboxylic acids is 1. The summed E-state index contributed by atoms with van der Waals surface area (Å²) in [7, 11) is 0. The number of esters is 1. The zero-order valence-electron chi connectivity index (χ0n) is 13.8. The molecule has 0 aromatic heterocycles. The molecule has 4 heteroatoms. The molecule has 0 aliphatic carbocycles. The molecule has 4 nitrogen and oxygen atoms in total. The second kappa shape index (κ2) is 8.87. The SMILES string of the molecule is CCC[C@@H](CCc1ccccc1)OC(=O)c1ccccc1C(=O)O. The van der Waals surface area contributed by atoms with Gasteiger partial charge in [-0.2, -0.15) is 0 Å². The number of hydrogen-bond donors (Lipinski definition) is 1. The van der Waals surface area contributed by atoms with Gasteiger partial charge >= 0.3 is 11.9 Å². The van der Waals surface area contributed by atoms with Crippen molar-refractivity contribution in [1.29, 1.82) is 0 Å². The minimum absolute atomic E-state index is 0.0270. The fourth-order valence-corrected chi connectivity index (χ4v) is 2.62. The Morgan fingerprint density at radius 3 is 2.21 bits per heavy atom. The van der Waals surface area contributed by atoms with Crippen LogP contribution in [-0.2, 0) is 11.2 Å². The summed E-state index contributed by atoms with van der Waals surface area (Å²) in [5.74, 6) is -1.70. The second-order valence-electron chi connectivity index (χ2n) is 5.69. The van der Waals surface area contributed by atoms with Crippen molar-refractivity contribution in [3.63, 3.8) is 0 Å². The molecule has 0 aliphatic heterocycles. The van der Waals surface area contributed by atoms with Crippen LogP contribution in [0.3, 0.4) is 0 Å². The number of hydrogen-bond acceptors (Lipinski definition) is 3. The smallest absolute Gasteiger partial charge is 0.339 e. The molecule has 0 saturated heterocycles. The van der Waals surface area contributed by atoms with Crippen molar-refractivity contribution in [1.82, 2.24) is 0 Å². The van der Waals surface area contributed by atoms with Crippen LogP contribution in [0.15, 0.2) is 54.6 Å². The van der Waals surface area contributed by atoms with E-state index in [0.29, 0.717) is 0 Å². The first-order chi connectivity index (χ1) is 11.6. The number of carboxylic acids is 1. The summed E-state index contributed by atoms with van der Waals surface area (Å²) < 4.78 is 5.59. The predicted octanol–water partition coefficient (Wildman–Crippen LogP) is 4.34. The minimum atomic E-state index is -1.13. The van der Waals surface area contributed by atoms with E-state index in [0.717, 1.165) is 25.7 Å². The lowest BCUT2D eigenvalue weighted by Gasteiger charge is -2.18. The van der Waals surface area contributed by atoms with E-state index in [1.54, 1.807) is 12.1 Å². The van der Waals surface area contributed by atoms with Crippen LogP contribution < -0.4 is 0 Å². The highest BCUT2D eigenvalue weighted by atomic mass is 16.5. The molecule has 24 heavy (non-hydrogen) atoms. The molecule has 2 aromatic rings. The summed E-state index contributed by atoms with van der Waals surface area (Å²) in [5.41, 5.74) is 1.27. The standard InChI is InChI=1S/C20H22O4/c1-2-8-16(14-13-15-9-4-3-5-10-15)24-20(23)18-12-7-6-11-17(18)19(21)22/h3-7,9-12,16H,2,8,13-14H2,1H3,(H,21,22)/t16-/m0/s1. The molecule has 0 saturated carbocycles. The number of benzene rings is 2. The maximum absolute atomic E-state index is 12.4. The van der Waals surface area contributed by atoms with E-state index in [1.165, 1.54) is 17.7 Å².